The second-order valence-electron chi connectivity index (χ2n) is 10.8. The zero-order chi connectivity index (χ0) is 25.4. The van der Waals surface area contributed by atoms with Gasteiger partial charge in [-0.15, -0.1) is 11.8 Å². The summed E-state index contributed by atoms with van der Waals surface area (Å²) >= 11 is 3.25. The van der Waals surface area contributed by atoms with Gasteiger partial charge in [0, 0.05) is 42.1 Å². The number of hydrogen-bond donors (Lipinski definition) is 5. The molecule has 6 aliphatic rings. The lowest BCUT2D eigenvalue weighted by atomic mass is 9.57. The fourth-order valence-corrected chi connectivity index (χ4v) is 10.9. The van der Waals surface area contributed by atoms with Crippen molar-refractivity contribution in [1.29, 1.82) is 0 Å². The molecule has 2 saturated heterocycles. The molecule has 0 aromatic carbocycles. The van der Waals surface area contributed by atoms with E-state index in [9.17, 15) is 19.5 Å². The normalized spacial score (nSPS) is 34.9. The molecule has 10 nitrogen and oxygen atoms in total. The van der Waals surface area contributed by atoms with Crippen LogP contribution in [-0.4, -0.2) is 66.4 Å². The molecule has 7 atom stereocenters. The van der Waals surface area contributed by atoms with E-state index in [-0.39, 0.29) is 40.7 Å². The molecular weight excluding hydrogens is 512 g/mol. The summed E-state index contributed by atoms with van der Waals surface area (Å²) in [5, 5.41) is 13.6. The minimum atomic E-state index is -1.06. The minimum Gasteiger partial charge on any atom is -0.480 e. The number of imidazole rings is 1. The number of quaternary nitrogens is 1. The van der Waals surface area contributed by atoms with Crippen molar-refractivity contribution in [3.63, 3.8) is 0 Å². The summed E-state index contributed by atoms with van der Waals surface area (Å²) in [6, 6.07) is -1.35. The number of Topliss-reactive ketones (excluding diaryl/α,β-unsaturated/α-hetero) is 1. The molecule has 4 aliphatic heterocycles. The van der Waals surface area contributed by atoms with Gasteiger partial charge < -0.3 is 30.6 Å². The van der Waals surface area contributed by atoms with Gasteiger partial charge in [0.1, 0.15) is 17.1 Å². The van der Waals surface area contributed by atoms with Crippen LogP contribution in [0, 0.1) is 5.41 Å². The number of ketones is 2. The number of aromatic amines is 1. The van der Waals surface area contributed by atoms with Crippen LogP contribution >= 0.6 is 23.5 Å². The number of carboxylic acids is 1. The minimum absolute atomic E-state index is 0.0183. The van der Waals surface area contributed by atoms with Crippen molar-refractivity contribution in [2.75, 3.05) is 6.54 Å². The Morgan fingerprint density at radius 1 is 1.46 bits per heavy atom. The fourth-order valence-electron chi connectivity index (χ4n) is 7.62. The third kappa shape index (κ3) is 2.61. The molecule has 0 saturated carbocycles. The smallest absolute Gasteiger partial charge is 0.320 e. The number of nitrogens with one attached hydrogen (secondary N) is 3. The number of aryl methyl sites for hydroxylation is 1. The highest BCUT2D eigenvalue weighted by atomic mass is 32.2. The van der Waals surface area contributed by atoms with Crippen molar-refractivity contribution in [2.45, 2.75) is 53.0 Å². The molecule has 37 heavy (non-hydrogen) atoms. The number of thioether (sulfide) groups is 2. The second-order valence-corrected chi connectivity index (χ2v) is 13.2. The van der Waals surface area contributed by atoms with E-state index in [0.29, 0.717) is 16.4 Å². The van der Waals surface area contributed by atoms with Crippen LogP contribution in [0.15, 0.2) is 39.8 Å². The van der Waals surface area contributed by atoms with Gasteiger partial charge in [-0.3, -0.25) is 14.4 Å². The molecule has 0 amide bonds. The quantitative estimate of drug-likeness (QED) is 0.347. The number of carbonyl (C=O) groups excluding carboxylic acids is 2. The highest BCUT2D eigenvalue weighted by Crippen LogP contribution is 2.68. The topological polar surface area (TPSA) is 148 Å². The highest BCUT2D eigenvalue weighted by Gasteiger charge is 2.71. The number of fused-ring (bicyclic) bond motifs is 3. The maximum Gasteiger partial charge on any atom is 0.320 e. The molecule has 190 valence electrons. The number of rotatable bonds is 5. The van der Waals surface area contributed by atoms with Gasteiger partial charge in [-0.2, -0.15) is 0 Å². The van der Waals surface area contributed by atoms with Crippen molar-refractivity contribution in [1.82, 2.24) is 19.9 Å². The lowest BCUT2D eigenvalue weighted by Gasteiger charge is -2.58. The van der Waals surface area contributed by atoms with E-state index < -0.39 is 17.4 Å². The summed E-state index contributed by atoms with van der Waals surface area (Å²) in [6.45, 7) is 0.808. The molecule has 6 heterocycles. The van der Waals surface area contributed by atoms with E-state index in [0.717, 1.165) is 41.1 Å². The van der Waals surface area contributed by atoms with Gasteiger partial charge in [0.05, 0.1) is 46.0 Å². The van der Waals surface area contributed by atoms with E-state index in [1.807, 2.05) is 23.9 Å². The van der Waals surface area contributed by atoms with Crippen molar-refractivity contribution in [2.24, 2.45) is 18.2 Å². The van der Waals surface area contributed by atoms with Crippen LogP contribution in [0.25, 0.3) is 0 Å². The number of nitrogens with zero attached hydrogens (tertiary/aromatic N) is 2. The number of aromatic nitrogens is 3. The third-order valence-electron chi connectivity index (χ3n) is 9.12. The number of nitrogens with two attached hydrogens (primary N) is 1. The Bertz CT molecular complexity index is 1520. The van der Waals surface area contributed by atoms with E-state index in [2.05, 4.69) is 15.3 Å². The molecule has 0 radical (unpaired) electrons. The SMILES string of the molecule is Cn1cnc(S[C@H]2[C@H]3C(=O)C=C4S[C@H]5C[C@]42C2=C(N5)C(=O)c4[nH]cc5c4C2[NH+]3CC5)c1C[C@H](N)C(=O)O. The maximum atomic E-state index is 13.8. The summed E-state index contributed by atoms with van der Waals surface area (Å²) < 4.78 is 1.82. The predicted molar refractivity (Wildman–Crippen MR) is 135 cm³/mol. The Hall–Kier alpha value is -2.80. The maximum absolute atomic E-state index is 13.8. The Morgan fingerprint density at radius 2 is 2.30 bits per heavy atom. The zero-order valence-corrected chi connectivity index (χ0v) is 21.5. The van der Waals surface area contributed by atoms with Gasteiger partial charge >= 0.3 is 5.97 Å². The molecule has 2 aromatic heterocycles. The summed E-state index contributed by atoms with van der Waals surface area (Å²) in [4.78, 5) is 49.3. The second kappa shape index (κ2) is 7.19. The van der Waals surface area contributed by atoms with Crippen LogP contribution < -0.4 is 16.0 Å². The van der Waals surface area contributed by atoms with Gasteiger partial charge in [-0.25, -0.2) is 4.98 Å². The monoisotopic (exact) mass is 537 g/mol. The summed E-state index contributed by atoms with van der Waals surface area (Å²) in [7, 11) is 1.84. The Labute approximate surface area is 220 Å². The van der Waals surface area contributed by atoms with Crippen LogP contribution in [0.5, 0.6) is 0 Å². The molecule has 1 spiro atoms. The molecule has 8 rings (SSSR count). The number of aliphatic carboxylic acids is 1. The lowest BCUT2D eigenvalue weighted by Crippen LogP contribution is -3.21. The first-order chi connectivity index (χ1) is 17.8. The Balaban J connectivity index is 1.32. The number of H-pyrrole nitrogens is 1. The highest BCUT2D eigenvalue weighted by molar-refractivity contribution is 8.04. The molecule has 2 aromatic rings. The first-order valence-corrected chi connectivity index (χ1v) is 14.2. The van der Waals surface area contributed by atoms with Gasteiger partial charge in [0.15, 0.2) is 6.04 Å². The van der Waals surface area contributed by atoms with Crippen LogP contribution in [-0.2, 0) is 29.5 Å². The Kier molecular flexibility index (Phi) is 4.31. The van der Waals surface area contributed by atoms with E-state index in [4.69, 9.17) is 5.73 Å². The molecule has 6 N–H and O–H groups in total. The van der Waals surface area contributed by atoms with E-state index >= 15 is 0 Å². The molecule has 12 heteroatoms. The van der Waals surface area contributed by atoms with E-state index in [1.165, 1.54) is 10.5 Å². The third-order valence-corrected chi connectivity index (χ3v) is 11.9. The standard InChI is InChI=1S/C25H24N6O4S2/c1-30-8-28-23(11(30)4-10(26)24(34)35)37-22-19-12(32)5-13-25(22)6-14(36-13)29-18-16(25)20-15-9(2-3-31(19)20)7-27-17(15)21(18)33/h5,7-8,10,14,19-20,22,27,29H,2-4,6,26H2,1H3,(H,34,35)/p+1/t10-,14-,19+,20?,22-,25+/m0/s1. The Morgan fingerprint density at radius 3 is 3.11 bits per heavy atom. The van der Waals surface area contributed by atoms with Crippen molar-refractivity contribution < 1.29 is 24.4 Å². The average Bonchev–Trinajstić information content (AvgIpc) is 3.52. The number of allylic oxidation sites excluding steroid dienone is 2. The van der Waals surface area contributed by atoms with E-state index in [1.54, 1.807) is 29.9 Å². The summed E-state index contributed by atoms with van der Waals surface area (Å²) in [5.74, 6) is -0.911. The van der Waals surface area contributed by atoms with Crippen LogP contribution in [0.4, 0.5) is 0 Å². The van der Waals surface area contributed by atoms with Crippen molar-refractivity contribution >= 4 is 41.1 Å². The zero-order valence-electron chi connectivity index (χ0n) is 19.9. The molecule has 2 unspecified atom stereocenters. The number of hydrogen-bond acceptors (Lipinski definition) is 8. The predicted octanol–water partition coefficient (Wildman–Crippen LogP) is -0.303. The largest absolute Gasteiger partial charge is 0.480 e. The van der Waals surface area contributed by atoms with Crippen LogP contribution in [0.3, 0.4) is 0 Å². The van der Waals surface area contributed by atoms with Gasteiger partial charge in [-0.1, -0.05) is 11.8 Å². The number of carbonyl (C=O) groups is 3. The van der Waals surface area contributed by atoms with Crippen LogP contribution in [0.2, 0.25) is 0 Å². The van der Waals surface area contributed by atoms with Gasteiger partial charge in [0.25, 0.3) is 0 Å². The molecule has 2 aliphatic carbocycles. The number of carboxylic acid groups (broad SMARTS) is 1. The van der Waals surface area contributed by atoms with Crippen LogP contribution in [0.1, 0.15) is 39.8 Å². The summed E-state index contributed by atoms with van der Waals surface area (Å²) in [5.41, 5.74) is 11.0. The molecule has 3 bridgehead atoms. The fraction of sp³-hybridized carbons (Fsp3) is 0.440. The average molecular weight is 538 g/mol. The van der Waals surface area contributed by atoms with Gasteiger partial charge in [0.2, 0.25) is 11.6 Å². The molecular formula is C25H25N6O4S2+. The van der Waals surface area contributed by atoms with Gasteiger partial charge in [-0.05, 0) is 18.1 Å². The first-order valence-electron chi connectivity index (χ1n) is 12.5. The van der Waals surface area contributed by atoms with Crippen molar-refractivity contribution in [3.05, 3.63) is 57.3 Å². The van der Waals surface area contributed by atoms with Crippen molar-refractivity contribution in [3.8, 4) is 0 Å². The summed E-state index contributed by atoms with van der Waals surface area (Å²) in [6.07, 6.45) is 7.28. The lowest BCUT2D eigenvalue weighted by molar-refractivity contribution is -0.948. The molecule has 2 fully saturated rings. The first kappa shape index (κ1) is 22.2. The number of piperidine rings is 1.